The maximum atomic E-state index is 10.3. The van der Waals surface area contributed by atoms with Crippen molar-refractivity contribution in [2.45, 2.75) is 39.2 Å². The predicted molar refractivity (Wildman–Crippen MR) is 55.4 cm³/mol. The van der Waals surface area contributed by atoms with Crippen LogP contribution in [0.3, 0.4) is 0 Å². The third kappa shape index (κ3) is 9.48. The zero-order valence-corrected chi connectivity index (χ0v) is 9.08. The van der Waals surface area contributed by atoms with Crippen molar-refractivity contribution in [3.63, 3.8) is 0 Å². The van der Waals surface area contributed by atoms with E-state index in [1.54, 1.807) is 0 Å². The van der Waals surface area contributed by atoms with Gasteiger partial charge in [-0.3, -0.25) is 4.79 Å². The van der Waals surface area contributed by atoms with Gasteiger partial charge in [0.25, 0.3) is 0 Å². The van der Waals surface area contributed by atoms with E-state index in [0.29, 0.717) is 6.42 Å². The van der Waals surface area contributed by atoms with Crippen LogP contribution in [0.15, 0.2) is 0 Å². The van der Waals surface area contributed by atoms with Gasteiger partial charge in [-0.2, -0.15) is 0 Å². The molecule has 0 saturated heterocycles. The number of rotatable bonds is 9. The number of carbonyl (C=O) groups is 1. The van der Waals surface area contributed by atoms with Crippen LogP contribution in [0.25, 0.3) is 0 Å². The molecule has 0 aromatic heterocycles. The Balaban J connectivity index is 3.18. The summed E-state index contributed by atoms with van der Waals surface area (Å²) in [4.78, 5) is 10.3. The van der Waals surface area contributed by atoms with E-state index in [1.807, 2.05) is 13.8 Å². The van der Waals surface area contributed by atoms with E-state index in [0.717, 1.165) is 26.2 Å². The van der Waals surface area contributed by atoms with Gasteiger partial charge in [-0.1, -0.05) is 0 Å². The molecule has 0 fully saturated rings. The molecule has 0 heterocycles. The highest BCUT2D eigenvalue weighted by Crippen LogP contribution is 1.96. The van der Waals surface area contributed by atoms with Crippen molar-refractivity contribution < 1.29 is 14.6 Å². The first kappa shape index (κ1) is 13.4. The number of hydrogen-bond acceptors (Lipinski definition) is 3. The van der Waals surface area contributed by atoms with Crippen molar-refractivity contribution in [3.05, 3.63) is 0 Å². The monoisotopic (exact) mass is 203 g/mol. The molecule has 1 atom stereocenters. The third-order valence-electron chi connectivity index (χ3n) is 1.95. The van der Waals surface area contributed by atoms with Crippen LogP contribution in [0.2, 0.25) is 0 Å². The fourth-order valence-electron chi connectivity index (χ4n) is 1.11. The Hall–Kier alpha value is -0.610. The predicted octanol–water partition coefficient (Wildman–Crippen LogP) is 1.26. The lowest BCUT2D eigenvalue weighted by Crippen LogP contribution is -2.28. The molecular formula is C10H21NO3. The van der Waals surface area contributed by atoms with E-state index in [4.69, 9.17) is 9.84 Å². The van der Waals surface area contributed by atoms with Crippen LogP contribution < -0.4 is 5.32 Å². The van der Waals surface area contributed by atoms with Crippen LogP contribution >= 0.6 is 0 Å². The lowest BCUT2D eigenvalue weighted by atomic mass is 10.2. The molecule has 14 heavy (non-hydrogen) atoms. The summed E-state index contributed by atoms with van der Waals surface area (Å²) >= 11 is 0. The molecule has 0 aromatic carbocycles. The minimum Gasteiger partial charge on any atom is -0.481 e. The van der Waals surface area contributed by atoms with Gasteiger partial charge in [0.05, 0.1) is 0 Å². The Morgan fingerprint density at radius 1 is 1.57 bits per heavy atom. The van der Waals surface area contributed by atoms with Crippen molar-refractivity contribution in [3.8, 4) is 0 Å². The first-order chi connectivity index (χ1) is 6.66. The van der Waals surface area contributed by atoms with Gasteiger partial charge < -0.3 is 15.2 Å². The molecule has 84 valence electrons. The van der Waals surface area contributed by atoms with Crippen molar-refractivity contribution in [1.82, 2.24) is 5.32 Å². The van der Waals surface area contributed by atoms with Gasteiger partial charge in [0.2, 0.25) is 0 Å². The summed E-state index contributed by atoms with van der Waals surface area (Å²) in [5.74, 6) is -0.729. The SMILES string of the molecule is CCOCCCNC(C)CCC(=O)O. The molecular weight excluding hydrogens is 182 g/mol. The van der Waals surface area contributed by atoms with E-state index in [9.17, 15) is 4.79 Å². The molecule has 0 amide bonds. The zero-order chi connectivity index (χ0) is 10.8. The molecule has 0 saturated carbocycles. The standard InChI is InChI=1S/C10H21NO3/c1-3-14-8-4-7-11-9(2)5-6-10(12)13/h9,11H,3-8H2,1-2H3,(H,12,13). The molecule has 0 spiro atoms. The zero-order valence-electron chi connectivity index (χ0n) is 9.08. The molecule has 0 radical (unpaired) electrons. The van der Waals surface area contributed by atoms with Crippen LogP contribution in [-0.2, 0) is 9.53 Å². The highest BCUT2D eigenvalue weighted by Gasteiger charge is 2.03. The fraction of sp³-hybridized carbons (Fsp3) is 0.900. The van der Waals surface area contributed by atoms with E-state index in [1.165, 1.54) is 0 Å². The molecule has 0 aliphatic heterocycles. The largest absolute Gasteiger partial charge is 0.481 e. The molecule has 0 aliphatic carbocycles. The summed E-state index contributed by atoms with van der Waals surface area (Å²) < 4.78 is 5.18. The molecule has 4 heteroatoms. The van der Waals surface area contributed by atoms with Gasteiger partial charge >= 0.3 is 5.97 Å². The fourth-order valence-corrected chi connectivity index (χ4v) is 1.11. The average Bonchev–Trinajstić information content (AvgIpc) is 2.14. The normalized spacial score (nSPS) is 12.7. The van der Waals surface area contributed by atoms with E-state index >= 15 is 0 Å². The summed E-state index contributed by atoms with van der Waals surface area (Å²) in [5, 5.41) is 11.7. The first-order valence-electron chi connectivity index (χ1n) is 5.19. The van der Waals surface area contributed by atoms with Gasteiger partial charge in [-0.25, -0.2) is 0 Å². The number of carboxylic acid groups (broad SMARTS) is 1. The lowest BCUT2D eigenvalue weighted by molar-refractivity contribution is -0.137. The molecule has 0 rings (SSSR count). The van der Waals surface area contributed by atoms with E-state index < -0.39 is 5.97 Å². The number of hydrogen-bond donors (Lipinski definition) is 2. The maximum absolute atomic E-state index is 10.3. The van der Waals surface area contributed by atoms with Crippen LogP contribution in [0.1, 0.15) is 33.1 Å². The summed E-state index contributed by atoms with van der Waals surface area (Å²) in [6.45, 7) is 6.40. The summed E-state index contributed by atoms with van der Waals surface area (Å²) in [7, 11) is 0. The van der Waals surface area contributed by atoms with E-state index in [2.05, 4.69) is 5.32 Å². The number of nitrogens with one attached hydrogen (secondary N) is 1. The number of carboxylic acids is 1. The van der Waals surface area contributed by atoms with Crippen molar-refractivity contribution >= 4 is 5.97 Å². The quantitative estimate of drug-likeness (QED) is 0.554. The Labute approximate surface area is 85.6 Å². The van der Waals surface area contributed by atoms with Gasteiger partial charge in [-0.05, 0) is 33.2 Å². The highest BCUT2D eigenvalue weighted by atomic mass is 16.5. The Morgan fingerprint density at radius 3 is 2.86 bits per heavy atom. The van der Waals surface area contributed by atoms with Crippen molar-refractivity contribution in [2.75, 3.05) is 19.8 Å². The van der Waals surface area contributed by atoms with Crippen molar-refractivity contribution in [2.24, 2.45) is 0 Å². The Morgan fingerprint density at radius 2 is 2.29 bits per heavy atom. The minimum atomic E-state index is -0.729. The molecule has 0 aliphatic rings. The van der Waals surface area contributed by atoms with Crippen LogP contribution in [0.4, 0.5) is 0 Å². The number of aliphatic carboxylic acids is 1. The second-order valence-corrected chi connectivity index (χ2v) is 3.34. The smallest absolute Gasteiger partial charge is 0.303 e. The Kier molecular flexibility index (Phi) is 8.57. The van der Waals surface area contributed by atoms with Gasteiger partial charge in [0.15, 0.2) is 0 Å². The maximum Gasteiger partial charge on any atom is 0.303 e. The summed E-state index contributed by atoms with van der Waals surface area (Å²) in [6, 6.07) is 0.271. The molecule has 4 nitrogen and oxygen atoms in total. The molecule has 2 N–H and O–H groups in total. The van der Waals surface area contributed by atoms with Crippen LogP contribution in [-0.4, -0.2) is 36.9 Å². The Bertz CT molecular complexity index is 150. The topological polar surface area (TPSA) is 58.6 Å². The van der Waals surface area contributed by atoms with Crippen LogP contribution in [0, 0.1) is 0 Å². The summed E-state index contributed by atoms with van der Waals surface area (Å²) in [5.41, 5.74) is 0. The molecule has 0 bridgehead atoms. The molecule has 1 unspecified atom stereocenters. The lowest BCUT2D eigenvalue weighted by Gasteiger charge is -2.12. The van der Waals surface area contributed by atoms with Gasteiger partial charge in [0.1, 0.15) is 0 Å². The molecule has 0 aromatic rings. The van der Waals surface area contributed by atoms with Gasteiger partial charge in [0, 0.05) is 25.7 Å². The van der Waals surface area contributed by atoms with Gasteiger partial charge in [-0.15, -0.1) is 0 Å². The van der Waals surface area contributed by atoms with E-state index in [-0.39, 0.29) is 12.5 Å². The van der Waals surface area contributed by atoms with Crippen molar-refractivity contribution in [1.29, 1.82) is 0 Å². The minimum absolute atomic E-state index is 0.236. The number of ether oxygens (including phenoxy) is 1. The second kappa shape index (κ2) is 8.97. The average molecular weight is 203 g/mol. The highest BCUT2D eigenvalue weighted by molar-refractivity contribution is 5.66. The first-order valence-corrected chi connectivity index (χ1v) is 5.19. The van der Waals surface area contributed by atoms with Crippen LogP contribution in [0.5, 0.6) is 0 Å². The third-order valence-corrected chi connectivity index (χ3v) is 1.95. The second-order valence-electron chi connectivity index (χ2n) is 3.34. The summed E-state index contributed by atoms with van der Waals surface area (Å²) in [6.07, 6.45) is 1.90.